The highest BCUT2D eigenvalue weighted by Crippen LogP contribution is 2.32. The number of hydrogen-bond acceptors (Lipinski definition) is 6. The van der Waals surface area contributed by atoms with E-state index in [0.717, 1.165) is 24.4 Å². The molecule has 0 radical (unpaired) electrons. The van der Waals surface area contributed by atoms with E-state index in [1.54, 1.807) is 18.4 Å². The van der Waals surface area contributed by atoms with Gasteiger partial charge in [-0.25, -0.2) is 0 Å². The Bertz CT molecular complexity index is 848. The van der Waals surface area contributed by atoms with E-state index < -0.39 is 11.8 Å². The number of quaternary nitrogens is 1. The second-order valence-electron chi connectivity index (χ2n) is 6.92. The number of fused-ring (bicyclic) bond motifs is 1. The maximum atomic E-state index is 12.3. The van der Waals surface area contributed by atoms with Gasteiger partial charge in [0.2, 0.25) is 6.79 Å². The summed E-state index contributed by atoms with van der Waals surface area (Å²) in [6, 6.07) is 9.03. The van der Waals surface area contributed by atoms with Crippen LogP contribution in [0.2, 0.25) is 0 Å². The number of carbonyl (C=O) groups is 2. The third-order valence-corrected chi connectivity index (χ3v) is 5.08. The van der Waals surface area contributed by atoms with Crippen molar-refractivity contribution in [2.75, 3.05) is 39.6 Å². The van der Waals surface area contributed by atoms with Crippen molar-refractivity contribution in [2.24, 2.45) is 0 Å². The maximum Gasteiger partial charge on any atom is 0.309 e. The second kappa shape index (κ2) is 8.97. The molecule has 9 heteroatoms. The third-order valence-electron chi connectivity index (χ3n) is 5.08. The highest BCUT2D eigenvalue weighted by Gasteiger charge is 2.29. The van der Waals surface area contributed by atoms with Gasteiger partial charge in [-0.05, 0) is 29.8 Å². The van der Waals surface area contributed by atoms with Crippen molar-refractivity contribution in [1.29, 1.82) is 0 Å². The van der Waals surface area contributed by atoms with Crippen LogP contribution < -0.4 is 25.0 Å². The molecular formula is C20H24N3O6+. The van der Waals surface area contributed by atoms with Crippen LogP contribution in [0.15, 0.2) is 41.0 Å². The normalized spacial score (nSPS) is 17.0. The van der Waals surface area contributed by atoms with Crippen LogP contribution in [0.5, 0.6) is 11.5 Å². The van der Waals surface area contributed by atoms with Gasteiger partial charge in [0, 0.05) is 6.54 Å². The van der Waals surface area contributed by atoms with Crippen molar-refractivity contribution in [3.8, 4) is 11.5 Å². The van der Waals surface area contributed by atoms with Crippen LogP contribution in [-0.4, -0.2) is 51.5 Å². The van der Waals surface area contributed by atoms with E-state index in [-0.39, 0.29) is 19.4 Å². The van der Waals surface area contributed by atoms with Crippen LogP contribution in [-0.2, 0) is 20.9 Å². The molecule has 1 aromatic heterocycles. The van der Waals surface area contributed by atoms with E-state index in [2.05, 4.69) is 10.6 Å². The van der Waals surface area contributed by atoms with Crippen LogP contribution in [0.3, 0.4) is 0 Å². The molecule has 1 atom stereocenters. The summed E-state index contributed by atoms with van der Waals surface area (Å²) in [4.78, 5) is 25.7. The number of rotatable bonds is 6. The van der Waals surface area contributed by atoms with Gasteiger partial charge < -0.3 is 34.2 Å². The summed E-state index contributed by atoms with van der Waals surface area (Å²) < 4.78 is 21.5. The van der Waals surface area contributed by atoms with Gasteiger partial charge in [-0.2, -0.15) is 0 Å². The molecule has 4 rings (SSSR count). The molecule has 3 heterocycles. The molecule has 1 saturated heterocycles. The number of morpholine rings is 1. The zero-order chi connectivity index (χ0) is 20.1. The fourth-order valence-electron chi connectivity index (χ4n) is 3.51. The first-order valence-corrected chi connectivity index (χ1v) is 9.61. The maximum absolute atomic E-state index is 12.3. The van der Waals surface area contributed by atoms with Gasteiger partial charge in [0.25, 0.3) is 0 Å². The largest absolute Gasteiger partial charge is 0.463 e. The van der Waals surface area contributed by atoms with Crippen molar-refractivity contribution >= 4 is 11.8 Å². The topological polar surface area (TPSA) is 103 Å². The summed E-state index contributed by atoms with van der Waals surface area (Å²) in [7, 11) is 0. The fourth-order valence-corrected chi connectivity index (χ4v) is 3.51. The minimum atomic E-state index is -0.683. The van der Waals surface area contributed by atoms with Crippen LogP contribution in [0.4, 0.5) is 0 Å². The minimum absolute atomic E-state index is 0.0699. The molecule has 29 heavy (non-hydrogen) atoms. The smallest absolute Gasteiger partial charge is 0.309 e. The van der Waals surface area contributed by atoms with Gasteiger partial charge in [0.15, 0.2) is 23.3 Å². The Labute approximate surface area is 167 Å². The highest BCUT2D eigenvalue weighted by molar-refractivity contribution is 6.35. The van der Waals surface area contributed by atoms with Gasteiger partial charge in [0.1, 0.15) is 13.1 Å². The highest BCUT2D eigenvalue weighted by atomic mass is 16.7. The average Bonchev–Trinajstić information content (AvgIpc) is 3.44. The summed E-state index contributed by atoms with van der Waals surface area (Å²) in [6.07, 6.45) is 1.61. The summed E-state index contributed by atoms with van der Waals surface area (Å²) in [5.74, 6) is 0.735. The molecule has 3 N–H and O–H groups in total. The first kappa shape index (κ1) is 19.3. The molecule has 2 aromatic rings. The first-order valence-electron chi connectivity index (χ1n) is 9.61. The van der Waals surface area contributed by atoms with Gasteiger partial charge in [-0.3, -0.25) is 9.59 Å². The quantitative estimate of drug-likeness (QED) is 0.558. The molecule has 0 unspecified atom stereocenters. The van der Waals surface area contributed by atoms with Crippen LogP contribution in [0.25, 0.3) is 0 Å². The van der Waals surface area contributed by atoms with Crippen LogP contribution in [0, 0.1) is 0 Å². The lowest BCUT2D eigenvalue weighted by atomic mass is 10.1. The SMILES string of the molecule is O=C(NCc1ccc2c(c1)OCO2)C(=O)NC[C@@H](c1ccco1)[NH+]1CCOCC1. The van der Waals surface area contributed by atoms with E-state index in [4.69, 9.17) is 18.6 Å². The van der Waals surface area contributed by atoms with Crippen molar-refractivity contribution in [1.82, 2.24) is 10.6 Å². The van der Waals surface area contributed by atoms with E-state index in [9.17, 15) is 9.59 Å². The number of carbonyl (C=O) groups excluding carboxylic acids is 2. The van der Waals surface area contributed by atoms with Gasteiger partial charge in [0.05, 0.1) is 26.0 Å². The minimum Gasteiger partial charge on any atom is -0.463 e. The average molecular weight is 402 g/mol. The molecule has 154 valence electrons. The molecule has 2 aliphatic rings. The zero-order valence-corrected chi connectivity index (χ0v) is 15.9. The van der Waals surface area contributed by atoms with Crippen LogP contribution in [0.1, 0.15) is 17.4 Å². The predicted octanol–water partition coefficient (Wildman–Crippen LogP) is -0.603. The Morgan fingerprint density at radius 2 is 1.83 bits per heavy atom. The molecule has 0 spiro atoms. The van der Waals surface area contributed by atoms with Crippen molar-refractivity contribution < 1.29 is 33.1 Å². The molecule has 0 saturated carbocycles. The summed E-state index contributed by atoms with van der Waals surface area (Å²) >= 11 is 0. The summed E-state index contributed by atoms with van der Waals surface area (Å²) in [6.45, 7) is 3.68. The van der Waals surface area contributed by atoms with E-state index >= 15 is 0 Å². The molecule has 0 aliphatic carbocycles. The molecule has 1 fully saturated rings. The fraction of sp³-hybridized carbons (Fsp3) is 0.400. The Balaban J connectivity index is 1.29. The Kier molecular flexibility index (Phi) is 5.97. The lowest BCUT2D eigenvalue weighted by molar-refractivity contribution is -0.938. The Morgan fingerprint density at radius 1 is 1.03 bits per heavy atom. The molecule has 1 aromatic carbocycles. The first-order chi connectivity index (χ1) is 14.2. The summed E-state index contributed by atoms with van der Waals surface area (Å²) in [5.41, 5.74) is 0.821. The zero-order valence-electron chi connectivity index (χ0n) is 15.9. The van der Waals surface area contributed by atoms with Gasteiger partial charge >= 0.3 is 11.8 Å². The van der Waals surface area contributed by atoms with E-state index in [1.165, 1.54) is 4.90 Å². The van der Waals surface area contributed by atoms with Crippen molar-refractivity contribution in [3.05, 3.63) is 47.9 Å². The molecular weight excluding hydrogens is 378 g/mol. The van der Waals surface area contributed by atoms with E-state index in [0.29, 0.717) is 31.3 Å². The van der Waals surface area contributed by atoms with E-state index in [1.807, 2.05) is 18.2 Å². The molecule has 9 nitrogen and oxygen atoms in total. The van der Waals surface area contributed by atoms with Crippen LogP contribution >= 0.6 is 0 Å². The Hall–Kier alpha value is -3.04. The molecule has 2 aliphatic heterocycles. The van der Waals surface area contributed by atoms with Gasteiger partial charge in [-0.15, -0.1) is 0 Å². The predicted molar refractivity (Wildman–Crippen MR) is 100 cm³/mol. The van der Waals surface area contributed by atoms with Gasteiger partial charge in [-0.1, -0.05) is 6.07 Å². The standard InChI is InChI=1S/C20H23N3O6/c24-19(21-11-14-3-4-17-18(10-14)29-13-28-17)20(25)22-12-15(16-2-1-7-27-16)23-5-8-26-9-6-23/h1-4,7,10,15H,5-6,8-9,11-13H2,(H,21,24)(H,22,25)/p+1/t15-/m0/s1. The molecule has 0 bridgehead atoms. The molecule has 2 amide bonds. The number of furan rings is 1. The number of ether oxygens (including phenoxy) is 3. The number of amides is 2. The second-order valence-corrected chi connectivity index (χ2v) is 6.92. The lowest BCUT2D eigenvalue weighted by Crippen LogP contribution is -3.15. The monoisotopic (exact) mass is 402 g/mol. The van der Waals surface area contributed by atoms with Crippen molar-refractivity contribution in [3.63, 3.8) is 0 Å². The third kappa shape index (κ3) is 4.69. The Morgan fingerprint density at radius 3 is 2.62 bits per heavy atom. The lowest BCUT2D eigenvalue weighted by Gasteiger charge is -2.30. The summed E-state index contributed by atoms with van der Waals surface area (Å²) in [5, 5.41) is 5.36. The number of hydrogen-bond donors (Lipinski definition) is 3. The number of nitrogens with one attached hydrogen (secondary N) is 3. The number of benzene rings is 1. The van der Waals surface area contributed by atoms with Crippen molar-refractivity contribution in [2.45, 2.75) is 12.6 Å².